The maximum absolute atomic E-state index is 12.1. The highest BCUT2D eigenvalue weighted by molar-refractivity contribution is 5.94. The summed E-state index contributed by atoms with van der Waals surface area (Å²) in [4.78, 5) is 22.3. The average Bonchev–Trinajstić information content (AvgIpc) is 2.55. The molecule has 120 valence electrons. The van der Waals surface area contributed by atoms with Crippen molar-refractivity contribution in [3.05, 3.63) is 58.6 Å². The molecule has 0 aliphatic heterocycles. The maximum atomic E-state index is 12.1. The number of benzene rings is 2. The van der Waals surface area contributed by atoms with Crippen molar-refractivity contribution in [2.45, 2.75) is 13.0 Å². The van der Waals surface area contributed by atoms with Crippen LogP contribution < -0.4 is 14.8 Å². The number of nitro benzene ring substituents is 1. The lowest BCUT2D eigenvalue weighted by Crippen LogP contribution is -2.30. The van der Waals surface area contributed by atoms with Gasteiger partial charge < -0.3 is 14.8 Å². The summed E-state index contributed by atoms with van der Waals surface area (Å²) in [6, 6.07) is 12.6. The molecule has 0 unspecified atom stereocenters. The topological polar surface area (TPSA) is 90.7 Å². The SMILES string of the molecule is COc1ccc(NC(=O)[C@H](C)Oc2cccc([N+](=O)[O-])c2)cc1. The van der Waals surface area contributed by atoms with Gasteiger partial charge in [0.05, 0.1) is 18.1 Å². The molecule has 0 saturated carbocycles. The molecule has 23 heavy (non-hydrogen) atoms. The number of rotatable bonds is 6. The van der Waals surface area contributed by atoms with Gasteiger partial charge in [-0.15, -0.1) is 0 Å². The van der Waals surface area contributed by atoms with Crippen molar-refractivity contribution in [1.29, 1.82) is 0 Å². The van der Waals surface area contributed by atoms with E-state index in [9.17, 15) is 14.9 Å². The first-order valence-electron chi connectivity index (χ1n) is 6.85. The van der Waals surface area contributed by atoms with E-state index >= 15 is 0 Å². The Morgan fingerprint density at radius 3 is 2.48 bits per heavy atom. The summed E-state index contributed by atoms with van der Waals surface area (Å²) in [7, 11) is 1.56. The Morgan fingerprint density at radius 2 is 1.87 bits per heavy atom. The molecule has 0 aliphatic carbocycles. The first-order chi connectivity index (χ1) is 11.0. The van der Waals surface area contributed by atoms with Crippen LogP contribution in [-0.4, -0.2) is 24.0 Å². The maximum Gasteiger partial charge on any atom is 0.273 e. The van der Waals surface area contributed by atoms with Gasteiger partial charge in [0.25, 0.3) is 11.6 Å². The number of carbonyl (C=O) groups is 1. The summed E-state index contributed by atoms with van der Waals surface area (Å²) < 4.78 is 10.5. The molecular formula is C16H16N2O5. The minimum atomic E-state index is -0.806. The third kappa shape index (κ3) is 4.44. The minimum Gasteiger partial charge on any atom is -0.497 e. The van der Waals surface area contributed by atoms with Gasteiger partial charge in [0.15, 0.2) is 6.10 Å². The van der Waals surface area contributed by atoms with Crippen molar-refractivity contribution in [3.8, 4) is 11.5 Å². The largest absolute Gasteiger partial charge is 0.497 e. The number of anilines is 1. The number of ether oxygens (including phenoxy) is 2. The molecule has 1 atom stereocenters. The molecule has 2 aromatic carbocycles. The summed E-state index contributed by atoms with van der Waals surface area (Å²) in [5, 5.41) is 13.4. The van der Waals surface area contributed by atoms with E-state index in [2.05, 4.69) is 5.32 Å². The molecule has 0 fully saturated rings. The number of nitrogens with zero attached hydrogens (tertiary/aromatic N) is 1. The Bertz CT molecular complexity index is 700. The first-order valence-corrected chi connectivity index (χ1v) is 6.85. The van der Waals surface area contributed by atoms with E-state index in [4.69, 9.17) is 9.47 Å². The van der Waals surface area contributed by atoms with Crippen LogP contribution in [0.25, 0.3) is 0 Å². The van der Waals surface area contributed by atoms with Gasteiger partial charge in [-0.1, -0.05) is 6.07 Å². The third-order valence-corrected chi connectivity index (χ3v) is 3.07. The predicted octanol–water partition coefficient (Wildman–Crippen LogP) is 3.01. The lowest BCUT2D eigenvalue weighted by Gasteiger charge is -2.14. The lowest BCUT2D eigenvalue weighted by molar-refractivity contribution is -0.384. The van der Waals surface area contributed by atoms with Gasteiger partial charge >= 0.3 is 0 Å². The lowest BCUT2D eigenvalue weighted by atomic mass is 10.2. The fraction of sp³-hybridized carbons (Fsp3) is 0.188. The van der Waals surface area contributed by atoms with Crippen molar-refractivity contribution in [1.82, 2.24) is 0 Å². The summed E-state index contributed by atoms with van der Waals surface area (Å²) in [5.74, 6) is 0.585. The zero-order chi connectivity index (χ0) is 16.8. The van der Waals surface area contributed by atoms with Crippen LogP contribution in [0.1, 0.15) is 6.92 Å². The number of nitro groups is 1. The Hall–Kier alpha value is -3.09. The molecular weight excluding hydrogens is 300 g/mol. The molecule has 0 bridgehead atoms. The molecule has 0 aromatic heterocycles. The van der Waals surface area contributed by atoms with Crippen LogP contribution >= 0.6 is 0 Å². The van der Waals surface area contributed by atoms with Gasteiger partial charge in [-0.3, -0.25) is 14.9 Å². The van der Waals surface area contributed by atoms with Crippen LogP contribution in [0.15, 0.2) is 48.5 Å². The van der Waals surface area contributed by atoms with E-state index in [1.54, 1.807) is 44.4 Å². The van der Waals surface area contributed by atoms with E-state index in [-0.39, 0.29) is 17.3 Å². The summed E-state index contributed by atoms with van der Waals surface area (Å²) in [6.07, 6.45) is -0.806. The van der Waals surface area contributed by atoms with Crippen LogP contribution in [0.3, 0.4) is 0 Å². The highest BCUT2D eigenvalue weighted by atomic mass is 16.6. The van der Waals surface area contributed by atoms with Crippen molar-refractivity contribution in [2.75, 3.05) is 12.4 Å². The van der Waals surface area contributed by atoms with E-state index < -0.39 is 11.0 Å². The minimum absolute atomic E-state index is 0.0923. The standard InChI is InChI=1S/C16H16N2O5/c1-11(23-15-5-3-4-13(10-15)18(20)21)16(19)17-12-6-8-14(22-2)9-7-12/h3-11H,1-2H3,(H,17,19)/t11-/m0/s1. The van der Waals surface area contributed by atoms with E-state index in [1.807, 2.05) is 0 Å². The molecule has 0 aliphatic rings. The Morgan fingerprint density at radius 1 is 1.17 bits per heavy atom. The molecule has 7 heteroatoms. The number of non-ortho nitro benzene ring substituents is 1. The smallest absolute Gasteiger partial charge is 0.273 e. The Labute approximate surface area is 133 Å². The molecule has 0 spiro atoms. The second-order valence-corrected chi connectivity index (χ2v) is 4.73. The Balaban J connectivity index is 1.99. The second-order valence-electron chi connectivity index (χ2n) is 4.73. The highest BCUT2D eigenvalue weighted by Crippen LogP contribution is 2.21. The van der Waals surface area contributed by atoms with Crippen LogP contribution in [-0.2, 0) is 4.79 Å². The van der Waals surface area contributed by atoms with Crippen molar-refractivity contribution in [3.63, 3.8) is 0 Å². The number of carbonyl (C=O) groups excluding carboxylic acids is 1. The summed E-state index contributed by atoms with van der Waals surface area (Å²) in [5.41, 5.74) is 0.510. The van der Waals surface area contributed by atoms with Crippen LogP contribution in [0.4, 0.5) is 11.4 Å². The van der Waals surface area contributed by atoms with Gasteiger partial charge in [0.2, 0.25) is 0 Å². The molecule has 0 heterocycles. The van der Waals surface area contributed by atoms with Crippen molar-refractivity contribution >= 4 is 17.3 Å². The average molecular weight is 316 g/mol. The number of hydrogen-bond acceptors (Lipinski definition) is 5. The van der Waals surface area contributed by atoms with E-state index in [1.165, 1.54) is 18.2 Å². The third-order valence-electron chi connectivity index (χ3n) is 3.07. The summed E-state index contributed by atoms with van der Waals surface area (Å²) in [6.45, 7) is 1.57. The van der Waals surface area contributed by atoms with Gasteiger partial charge in [-0.25, -0.2) is 0 Å². The van der Waals surface area contributed by atoms with Gasteiger partial charge in [-0.2, -0.15) is 0 Å². The highest BCUT2D eigenvalue weighted by Gasteiger charge is 2.16. The van der Waals surface area contributed by atoms with Crippen molar-refractivity contribution in [2.24, 2.45) is 0 Å². The van der Waals surface area contributed by atoms with E-state index in [0.717, 1.165) is 0 Å². The van der Waals surface area contributed by atoms with Crippen LogP contribution in [0.5, 0.6) is 11.5 Å². The zero-order valence-corrected chi connectivity index (χ0v) is 12.7. The zero-order valence-electron chi connectivity index (χ0n) is 12.7. The Kier molecular flexibility index (Phi) is 5.14. The molecule has 2 aromatic rings. The molecule has 0 saturated heterocycles. The normalized spacial score (nSPS) is 11.4. The van der Waals surface area contributed by atoms with Crippen molar-refractivity contribution < 1.29 is 19.2 Å². The number of amides is 1. The van der Waals surface area contributed by atoms with Crippen LogP contribution in [0.2, 0.25) is 0 Å². The fourth-order valence-electron chi connectivity index (χ4n) is 1.85. The molecule has 7 nitrogen and oxygen atoms in total. The van der Waals surface area contributed by atoms with Gasteiger partial charge in [-0.05, 0) is 37.3 Å². The fourth-order valence-corrected chi connectivity index (χ4v) is 1.85. The second kappa shape index (κ2) is 7.26. The van der Waals surface area contributed by atoms with Gasteiger partial charge in [0, 0.05) is 11.8 Å². The number of hydrogen-bond donors (Lipinski definition) is 1. The monoisotopic (exact) mass is 316 g/mol. The van der Waals surface area contributed by atoms with E-state index in [0.29, 0.717) is 11.4 Å². The molecule has 1 amide bonds. The molecule has 1 N–H and O–H groups in total. The van der Waals surface area contributed by atoms with Gasteiger partial charge in [0.1, 0.15) is 11.5 Å². The predicted molar refractivity (Wildman–Crippen MR) is 84.8 cm³/mol. The quantitative estimate of drug-likeness (QED) is 0.653. The molecule has 2 rings (SSSR count). The number of nitrogens with one attached hydrogen (secondary N) is 1. The van der Waals surface area contributed by atoms with Crippen LogP contribution in [0, 0.1) is 10.1 Å². The molecule has 0 radical (unpaired) electrons. The number of methoxy groups -OCH3 is 1. The first kappa shape index (κ1) is 16.3. The summed E-state index contributed by atoms with van der Waals surface area (Å²) >= 11 is 0.